The van der Waals surface area contributed by atoms with Crippen LogP contribution in [0.1, 0.15) is 0 Å². The molecule has 0 fully saturated rings. The lowest BCUT2D eigenvalue weighted by molar-refractivity contribution is 1.16. The van der Waals surface area contributed by atoms with E-state index in [1.165, 1.54) is 71.6 Å². The van der Waals surface area contributed by atoms with Gasteiger partial charge in [-0.2, -0.15) is 0 Å². The Kier molecular flexibility index (Phi) is 5.54. The zero-order valence-corrected chi connectivity index (χ0v) is 24.1. The van der Waals surface area contributed by atoms with Gasteiger partial charge in [0.2, 0.25) is 0 Å². The van der Waals surface area contributed by atoms with Crippen molar-refractivity contribution in [1.82, 2.24) is 9.13 Å². The van der Waals surface area contributed by atoms with Crippen LogP contribution >= 0.6 is 0 Å². The van der Waals surface area contributed by atoms with Gasteiger partial charge in [0.05, 0.1) is 22.1 Å². The number of fused-ring (bicyclic) bond motifs is 6. The third-order valence-electron chi connectivity index (χ3n) is 8.91. The molecular weight excluding hydrogens is 532 g/mol. The largest absolute Gasteiger partial charge is 0.309 e. The molecule has 44 heavy (non-hydrogen) atoms. The van der Waals surface area contributed by atoms with Crippen molar-refractivity contribution in [1.29, 1.82) is 0 Å². The summed E-state index contributed by atoms with van der Waals surface area (Å²) >= 11 is 0. The first-order chi connectivity index (χ1) is 21.8. The van der Waals surface area contributed by atoms with Crippen molar-refractivity contribution in [2.75, 3.05) is 0 Å². The molecule has 9 rings (SSSR count). The van der Waals surface area contributed by atoms with E-state index < -0.39 is 0 Å². The predicted molar refractivity (Wildman–Crippen MR) is 186 cm³/mol. The van der Waals surface area contributed by atoms with E-state index in [1.54, 1.807) is 0 Å². The number of rotatable bonds is 4. The smallest absolute Gasteiger partial charge is 0.0562 e. The van der Waals surface area contributed by atoms with Gasteiger partial charge >= 0.3 is 0 Å². The van der Waals surface area contributed by atoms with E-state index in [-0.39, 0.29) is 0 Å². The molecule has 0 aliphatic heterocycles. The maximum absolute atomic E-state index is 2.44. The molecule has 7 aromatic carbocycles. The van der Waals surface area contributed by atoms with Crippen LogP contribution < -0.4 is 0 Å². The van der Waals surface area contributed by atoms with Crippen molar-refractivity contribution in [3.8, 4) is 33.6 Å². The summed E-state index contributed by atoms with van der Waals surface area (Å²) in [6.07, 6.45) is 0. The molecule has 0 saturated heterocycles. The van der Waals surface area contributed by atoms with E-state index in [0.29, 0.717) is 0 Å². The van der Waals surface area contributed by atoms with Gasteiger partial charge in [0, 0.05) is 32.9 Å². The molecule has 2 heteroatoms. The number of nitrogens with zero attached hydrogens (tertiary/aromatic N) is 2. The molecular formula is C42H28N2. The fourth-order valence-corrected chi connectivity index (χ4v) is 6.86. The third-order valence-corrected chi connectivity index (χ3v) is 8.91. The zero-order chi connectivity index (χ0) is 29.0. The Hall–Kier alpha value is -5.86. The van der Waals surface area contributed by atoms with Gasteiger partial charge < -0.3 is 9.13 Å². The molecule has 2 aromatic heterocycles. The highest BCUT2D eigenvalue weighted by atomic mass is 15.0. The summed E-state index contributed by atoms with van der Waals surface area (Å²) < 4.78 is 4.85. The maximum Gasteiger partial charge on any atom is 0.0562 e. The molecule has 0 spiro atoms. The number of hydrogen-bond donors (Lipinski definition) is 0. The fraction of sp³-hybridized carbons (Fsp3) is 0. The summed E-state index contributed by atoms with van der Waals surface area (Å²) in [7, 11) is 0. The molecule has 0 saturated carbocycles. The van der Waals surface area contributed by atoms with E-state index >= 15 is 0 Å². The second-order valence-electron chi connectivity index (χ2n) is 11.4. The van der Waals surface area contributed by atoms with E-state index in [2.05, 4.69) is 179 Å². The Morgan fingerprint density at radius 3 is 1.39 bits per heavy atom. The second kappa shape index (κ2) is 9.86. The Morgan fingerprint density at radius 2 is 0.705 bits per heavy atom. The van der Waals surface area contributed by atoms with Crippen molar-refractivity contribution in [3.05, 3.63) is 170 Å². The molecule has 0 N–H and O–H groups in total. The lowest BCUT2D eigenvalue weighted by atomic mass is 10.0. The molecule has 0 atom stereocenters. The number of hydrogen-bond acceptors (Lipinski definition) is 0. The van der Waals surface area contributed by atoms with Crippen LogP contribution in [0.25, 0.3) is 77.2 Å². The second-order valence-corrected chi connectivity index (χ2v) is 11.4. The lowest BCUT2D eigenvalue weighted by Gasteiger charge is -2.11. The molecule has 0 aliphatic rings. The molecule has 0 amide bonds. The first-order valence-corrected chi connectivity index (χ1v) is 15.1. The van der Waals surface area contributed by atoms with Crippen molar-refractivity contribution in [2.24, 2.45) is 0 Å². The van der Waals surface area contributed by atoms with Crippen molar-refractivity contribution in [2.45, 2.75) is 0 Å². The standard InChI is InChI=1S/C42H28N2/c1-4-12-29(13-5-1)31-20-23-34(24-21-31)44-40-26-32(30-14-6-2-7-15-30)22-25-36(40)38-27-37-35-18-10-11-19-39(35)43(41(37)28-42(38)44)33-16-8-3-9-17-33/h1-28H. The molecule has 0 bridgehead atoms. The van der Waals surface area contributed by atoms with Crippen LogP contribution in [0, 0.1) is 0 Å². The zero-order valence-electron chi connectivity index (χ0n) is 24.1. The molecule has 0 aliphatic carbocycles. The monoisotopic (exact) mass is 560 g/mol. The Morgan fingerprint density at radius 1 is 0.250 bits per heavy atom. The van der Waals surface area contributed by atoms with E-state index in [1.807, 2.05) is 0 Å². The highest BCUT2D eigenvalue weighted by Crippen LogP contribution is 2.40. The Balaban J connectivity index is 1.37. The SMILES string of the molecule is c1ccc(-c2ccc(-n3c4cc(-c5ccccc5)ccc4c4cc5c6ccccc6n(-c6ccccc6)c5cc43)cc2)cc1. The predicted octanol–water partition coefficient (Wildman–Crippen LogP) is 11.2. The Bertz CT molecular complexity index is 2450. The van der Waals surface area contributed by atoms with Gasteiger partial charge in [-0.1, -0.05) is 121 Å². The molecule has 0 unspecified atom stereocenters. The van der Waals surface area contributed by atoms with Crippen LogP contribution in [0.2, 0.25) is 0 Å². The molecule has 9 aromatic rings. The van der Waals surface area contributed by atoms with Gasteiger partial charge in [0.15, 0.2) is 0 Å². The topological polar surface area (TPSA) is 9.86 Å². The molecule has 206 valence electrons. The van der Waals surface area contributed by atoms with Gasteiger partial charge in [0.25, 0.3) is 0 Å². The lowest BCUT2D eigenvalue weighted by Crippen LogP contribution is -1.96. The summed E-state index contributed by atoms with van der Waals surface area (Å²) in [6, 6.07) is 61.4. The summed E-state index contributed by atoms with van der Waals surface area (Å²) in [5, 5.41) is 5.05. The minimum atomic E-state index is 1.15. The van der Waals surface area contributed by atoms with Gasteiger partial charge in [-0.05, 0) is 70.8 Å². The summed E-state index contributed by atoms with van der Waals surface area (Å²) in [6.45, 7) is 0. The van der Waals surface area contributed by atoms with Crippen LogP contribution in [0.3, 0.4) is 0 Å². The normalized spacial score (nSPS) is 11.6. The van der Waals surface area contributed by atoms with Crippen LogP contribution in [0.5, 0.6) is 0 Å². The van der Waals surface area contributed by atoms with Gasteiger partial charge in [0.1, 0.15) is 0 Å². The average Bonchev–Trinajstić information content (AvgIpc) is 3.60. The van der Waals surface area contributed by atoms with Gasteiger partial charge in [-0.15, -0.1) is 0 Å². The van der Waals surface area contributed by atoms with Crippen molar-refractivity contribution < 1.29 is 0 Å². The average molecular weight is 561 g/mol. The van der Waals surface area contributed by atoms with Crippen LogP contribution in [0.4, 0.5) is 0 Å². The van der Waals surface area contributed by atoms with Crippen LogP contribution in [-0.4, -0.2) is 9.13 Å². The first kappa shape index (κ1) is 24.7. The summed E-state index contributed by atoms with van der Waals surface area (Å²) in [5.41, 5.74) is 12.0. The highest BCUT2D eigenvalue weighted by Gasteiger charge is 2.19. The highest BCUT2D eigenvalue weighted by molar-refractivity contribution is 6.19. The van der Waals surface area contributed by atoms with E-state index in [9.17, 15) is 0 Å². The summed E-state index contributed by atoms with van der Waals surface area (Å²) in [4.78, 5) is 0. The Labute approximate surface area is 255 Å². The minimum Gasteiger partial charge on any atom is -0.309 e. The third kappa shape index (κ3) is 3.82. The molecule has 2 heterocycles. The first-order valence-electron chi connectivity index (χ1n) is 15.1. The number of benzene rings is 7. The van der Waals surface area contributed by atoms with Gasteiger partial charge in [-0.3, -0.25) is 0 Å². The number of para-hydroxylation sites is 2. The minimum absolute atomic E-state index is 1.15. The summed E-state index contributed by atoms with van der Waals surface area (Å²) in [5.74, 6) is 0. The van der Waals surface area contributed by atoms with Crippen molar-refractivity contribution >= 4 is 43.6 Å². The molecule has 0 radical (unpaired) electrons. The maximum atomic E-state index is 2.44. The van der Waals surface area contributed by atoms with Crippen molar-refractivity contribution in [3.63, 3.8) is 0 Å². The quantitative estimate of drug-likeness (QED) is 0.203. The van der Waals surface area contributed by atoms with Crippen LogP contribution in [-0.2, 0) is 0 Å². The van der Waals surface area contributed by atoms with E-state index in [4.69, 9.17) is 0 Å². The van der Waals surface area contributed by atoms with E-state index in [0.717, 1.165) is 5.69 Å². The number of aromatic nitrogens is 2. The van der Waals surface area contributed by atoms with Crippen LogP contribution in [0.15, 0.2) is 170 Å². The van der Waals surface area contributed by atoms with Gasteiger partial charge in [-0.25, -0.2) is 0 Å². The fourth-order valence-electron chi connectivity index (χ4n) is 6.86. The molecule has 2 nitrogen and oxygen atoms in total.